The average molecular weight is 380 g/mol. The number of para-hydroxylation sites is 2. The largest absolute Gasteiger partial charge is 0.369 e. The molecular weight excluding hydrogens is 356 g/mol. The summed E-state index contributed by atoms with van der Waals surface area (Å²) in [5, 5.41) is 7.09. The van der Waals surface area contributed by atoms with Gasteiger partial charge < -0.3 is 14.8 Å². The SMILES string of the molecule is Cn1ncc(N2CCC(C(=O)NCCc3nc4ccccc4n3C)C2)cc1=O. The van der Waals surface area contributed by atoms with Crippen LogP contribution < -0.4 is 15.8 Å². The maximum Gasteiger partial charge on any atom is 0.268 e. The summed E-state index contributed by atoms with van der Waals surface area (Å²) in [5.74, 6) is 0.934. The summed E-state index contributed by atoms with van der Waals surface area (Å²) in [7, 11) is 3.62. The molecule has 1 aliphatic rings. The second-order valence-electron chi connectivity index (χ2n) is 7.22. The molecule has 0 aliphatic carbocycles. The highest BCUT2D eigenvalue weighted by molar-refractivity contribution is 5.80. The highest BCUT2D eigenvalue weighted by Crippen LogP contribution is 2.22. The summed E-state index contributed by atoms with van der Waals surface area (Å²) in [4.78, 5) is 31.0. The molecule has 3 heterocycles. The molecule has 0 radical (unpaired) electrons. The Morgan fingerprint density at radius 3 is 2.89 bits per heavy atom. The molecule has 8 nitrogen and oxygen atoms in total. The Kier molecular flexibility index (Phi) is 4.85. The Bertz CT molecular complexity index is 1070. The number of rotatable bonds is 5. The normalized spacial score (nSPS) is 16.6. The number of hydrogen-bond donors (Lipinski definition) is 1. The van der Waals surface area contributed by atoms with Crippen LogP contribution in [-0.4, -0.2) is 44.9 Å². The van der Waals surface area contributed by atoms with Crippen LogP contribution in [0.15, 0.2) is 41.3 Å². The molecule has 4 rings (SSSR count). The third kappa shape index (κ3) is 3.49. The fourth-order valence-corrected chi connectivity index (χ4v) is 3.70. The standard InChI is InChI=1S/C20H24N6O2/c1-24-17-6-4-3-5-16(17)23-18(24)7-9-21-20(28)14-8-10-26(13-14)15-11-19(27)25(2)22-12-15/h3-6,11-12,14H,7-10,13H2,1-2H3,(H,21,28). The van der Waals surface area contributed by atoms with Crippen LogP contribution >= 0.6 is 0 Å². The van der Waals surface area contributed by atoms with E-state index in [0.717, 1.165) is 35.5 Å². The molecule has 0 saturated carbocycles. The minimum Gasteiger partial charge on any atom is -0.369 e. The van der Waals surface area contributed by atoms with Crippen molar-refractivity contribution in [1.29, 1.82) is 0 Å². The van der Waals surface area contributed by atoms with Crippen LogP contribution in [0.4, 0.5) is 5.69 Å². The van der Waals surface area contributed by atoms with E-state index in [4.69, 9.17) is 0 Å². The van der Waals surface area contributed by atoms with E-state index in [1.165, 1.54) is 4.68 Å². The first-order chi connectivity index (χ1) is 13.5. The Labute approximate surface area is 162 Å². The van der Waals surface area contributed by atoms with Crippen LogP contribution in [0.25, 0.3) is 11.0 Å². The Morgan fingerprint density at radius 2 is 2.11 bits per heavy atom. The first kappa shape index (κ1) is 18.2. The Morgan fingerprint density at radius 1 is 1.29 bits per heavy atom. The van der Waals surface area contributed by atoms with E-state index in [2.05, 4.69) is 20.0 Å². The summed E-state index contributed by atoms with van der Waals surface area (Å²) in [6.07, 6.45) is 3.13. The van der Waals surface area contributed by atoms with Gasteiger partial charge in [0.15, 0.2) is 0 Å². The zero-order valence-corrected chi connectivity index (χ0v) is 16.1. The lowest BCUT2D eigenvalue weighted by Gasteiger charge is -2.18. The highest BCUT2D eigenvalue weighted by Gasteiger charge is 2.28. The number of aryl methyl sites for hydroxylation is 2. The number of aromatic nitrogens is 4. The molecule has 1 aromatic carbocycles. The summed E-state index contributed by atoms with van der Waals surface area (Å²) >= 11 is 0. The molecule has 1 saturated heterocycles. The molecule has 3 aromatic rings. The molecule has 146 valence electrons. The summed E-state index contributed by atoms with van der Waals surface area (Å²) < 4.78 is 3.37. The van der Waals surface area contributed by atoms with Crippen LogP contribution in [0.5, 0.6) is 0 Å². The van der Waals surface area contributed by atoms with E-state index in [1.54, 1.807) is 19.3 Å². The zero-order valence-electron chi connectivity index (χ0n) is 16.1. The van der Waals surface area contributed by atoms with E-state index in [0.29, 0.717) is 19.5 Å². The lowest BCUT2D eigenvalue weighted by atomic mass is 10.1. The maximum atomic E-state index is 12.5. The van der Waals surface area contributed by atoms with E-state index >= 15 is 0 Å². The highest BCUT2D eigenvalue weighted by atomic mass is 16.2. The van der Waals surface area contributed by atoms with Crippen molar-refractivity contribution in [3.63, 3.8) is 0 Å². The zero-order chi connectivity index (χ0) is 19.7. The molecular formula is C20H24N6O2. The molecule has 1 aliphatic heterocycles. The smallest absolute Gasteiger partial charge is 0.268 e. The number of carbonyl (C=O) groups excluding carboxylic acids is 1. The molecule has 1 amide bonds. The summed E-state index contributed by atoms with van der Waals surface area (Å²) in [6.45, 7) is 1.91. The van der Waals surface area contributed by atoms with Gasteiger partial charge in [-0.05, 0) is 18.6 Å². The fraction of sp³-hybridized carbons (Fsp3) is 0.400. The first-order valence-corrected chi connectivity index (χ1v) is 9.49. The van der Waals surface area contributed by atoms with Gasteiger partial charge in [-0.15, -0.1) is 0 Å². The van der Waals surface area contributed by atoms with Gasteiger partial charge >= 0.3 is 0 Å². The molecule has 1 fully saturated rings. The van der Waals surface area contributed by atoms with Crippen molar-refractivity contribution < 1.29 is 4.79 Å². The predicted molar refractivity (Wildman–Crippen MR) is 107 cm³/mol. The van der Waals surface area contributed by atoms with Crippen molar-refractivity contribution in [3.8, 4) is 0 Å². The number of imidazole rings is 1. The Balaban J connectivity index is 1.32. The maximum absolute atomic E-state index is 12.5. The van der Waals surface area contributed by atoms with Gasteiger partial charge in [0.25, 0.3) is 5.56 Å². The number of benzene rings is 1. The van der Waals surface area contributed by atoms with Gasteiger partial charge in [0, 0.05) is 46.2 Å². The molecule has 0 bridgehead atoms. The minimum absolute atomic E-state index is 0.0538. The van der Waals surface area contributed by atoms with Gasteiger partial charge in [0.2, 0.25) is 5.91 Å². The van der Waals surface area contributed by atoms with E-state index in [9.17, 15) is 9.59 Å². The van der Waals surface area contributed by atoms with Crippen LogP contribution in [0.1, 0.15) is 12.2 Å². The van der Waals surface area contributed by atoms with Crippen molar-refractivity contribution in [1.82, 2.24) is 24.6 Å². The molecule has 0 spiro atoms. The number of nitrogens with one attached hydrogen (secondary N) is 1. The van der Waals surface area contributed by atoms with Gasteiger partial charge in [0.05, 0.1) is 28.8 Å². The van der Waals surface area contributed by atoms with Crippen LogP contribution in [0, 0.1) is 5.92 Å². The van der Waals surface area contributed by atoms with E-state index < -0.39 is 0 Å². The monoisotopic (exact) mass is 380 g/mol. The molecule has 1 atom stereocenters. The molecule has 2 aromatic heterocycles. The molecule has 28 heavy (non-hydrogen) atoms. The second kappa shape index (κ2) is 7.46. The van der Waals surface area contributed by atoms with Gasteiger partial charge in [-0.2, -0.15) is 5.10 Å². The van der Waals surface area contributed by atoms with Gasteiger partial charge in [0.1, 0.15) is 5.82 Å². The molecule has 8 heteroatoms. The van der Waals surface area contributed by atoms with Gasteiger partial charge in [-0.3, -0.25) is 9.59 Å². The minimum atomic E-state index is -0.146. The quantitative estimate of drug-likeness (QED) is 0.709. The number of amides is 1. The lowest BCUT2D eigenvalue weighted by Crippen LogP contribution is -2.34. The van der Waals surface area contributed by atoms with Crippen molar-refractivity contribution in [2.75, 3.05) is 24.5 Å². The number of nitrogens with zero attached hydrogens (tertiary/aromatic N) is 5. The van der Waals surface area contributed by atoms with E-state index in [-0.39, 0.29) is 17.4 Å². The van der Waals surface area contributed by atoms with E-state index in [1.807, 2.05) is 36.2 Å². The summed E-state index contributed by atoms with van der Waals surface area (Å²) in [5.41, 5.74) is 2.70. The Hall–Kier alpha value is -3.16. The third-order valence-electron chi connectivity index (χ3n) is 5.41. The van der Waals surface area contributed by atoms with Gasteiger partial charge in [-0.25, -0.2) is 9.67 Å². The summed E-state index contributed by atoms with van der Waals surface area (Å²) in [6, 6.07) is 9.59. The molecule has 1 unspecified atom stereocenters. The van der Waals surface area contributed by atoms with Crippen molar-refractivity contribution in [2.45, 2.75) is 12.8 Å². The fourth-order valence-electron chi connectivity index (χ4n) is 3.70. The predicted octanol–water partition coefficient (Wildman–Crippen LogP) is 0.852. The number of anilines is 1. The topological polar surface area (TPSA) is 85.1 Å². The van der Waals surface area contributed by atoms with Crippen molar-refractivity contribution in [3.05, 3.63) is 52.7 Å². The van der Waals surface area contributed by atoms with Crippen LogP contribution in [-0.2, 0) is 25.3 Å². The number of carbonyl (C=O) groups is 1. The second-order valence-corrected chi connectivity index (χ2v) is 7.22. The number of fused-ring (bicyclic) bond motifs is 1. The lowest BCUT2D eigenvalue weighted by molar-refractivity contribution is -0.124. The third-order valence-corrected chi connectivity index (χ3v) is 5.41. The van der Waals surface area contributed by atoms with Gasteiger partial charge in [-0.1, -0.05) is 12.1 Å². The van der Waals surface area contributed by atoms with Crippen LogP contribution in [0.2, 0.25) is 0 Å². The average Bonchev–Trinajstić information content (AvgIpc) is 3.30. The van der Waals surface area contributed by atoms with Crippen molar-refractivity contribution >= 4 is 22.6 Å². The van der Waals surface area contributed by atoms with Crippen LogP contribution in [0.3, 0.4) is 0 Å². The number of hydrogen-bond acceptors (Lipinski definition) is 5. The first-order valence-electron chi connectivity index (χ1n) is 9.49. The molecule has 1 N–H and O–H groups in total. The van der Waals surface area contributed by atoms with Crippen molar-refractivity contribution in [2.24, 2.45) is 20.0 Å².